The molecule has 0 fully saturated rings. The van der Waals surface area contributed by atoms with Crippen molar-refractivity contribution in [2.75, 3.05) is 23.9 Å². The highest BCUT2D eigenvalue weighted by molar-refractivity contribution is 7.16. The number of rotatable bonds is 5. The summed E-state index contributed by atoms with van der Waals surface area (Å²) in [6.07, 6.45) is 0. The van der Waals surface area contributed by atoms with Crippen molar-refractivity contribution in [1.82, 2.24) is 15.3 Å². The third kappa shape index (κ3) is 3.14. The number of hydrazine groups is 1. The van der Waals surface area contributed by atoms with Crippen LogP contribution in [-0.4, -0.2) is 35.5 Å². The van der Waals surface area contributed by atoms with Gasteiger partial charge in [0.15, 0.2) is 0 Å². The predicted octanol–water partition coefficient (Wildman–Crippen LogP) is 0.938. The lowest BCUT2D eigenvalue weighted by molar-refractivity contribution is -0.120. The Balaban J connectivity index is 2.26. The van der Waals surface area contributed by atoms with Gasteiger partial charge in [-0.1, -0.05) is 0 Å². The lowest BCUT2D eigenvalue weighted by Gasteiger charge is -2.19. The van der Waals surface area contributed by atoms with Gasteiger partial charge >= 0.3 is 0 Å². The molecule has 108 valence electrons. The molecule has 2 heterocycles. The van der Waals surface area contributed by atoms with Gasteiger partial charge in [-0.05, 0) is 25.3 Å². The molecule has 1 amide bonds. The van der Waals surface area contributed by atoms with Gasteiger partial charge in [-0.25, -0.2) is 10.8 Å². The van der Waals surface area contributed by atoms with E-state index < -0.39 is 0 Å². The van der Waals surface area contributed by atoms with Crippen LogP contribution in [0.5, 0.6) is 0 Å². The van der Waals surface area contributed by atoms with E-state index in [2.05, 4.69) is 20.7 Å². The van der Waals surface area contributed by atoms with Crippen LogP contribution < -0.4 is 21.5 Å². The third-order valence-corrected chi connectivity index (χ3v) is 3.43. The number of thiophene rings is 1. The topological polar surface area (TPSA) is 96.2 Å². The van der Waals surface area contributed by atoms with Crippen molar-refractivity contribution in [2.45, 2.75) is 19.9 Å². The van der Waals surface area contributed by atoms with Gasteiger partial charge in [-0.3, -0.25) is 10.2 Å². The molecule has 2 aromatic rings. The zero-order valence-corrected chi connectivity index (χ0v) is 12.5. The van der Waals surface area contributed by atoms with E-state index >= 15 is 0 Å². The van der Waals surface area contributed by atoms with Crippen LogP contribution in [0, 0.1) is 0 Å². The Morgan fingerprint density at radius 1 is 1.50 bits per heavy atom. The van der Waals surface area contributed by atoms with Crippen LogP contribution in [0.3, 0.4) is 0 Å². The van der Waals surface area contributed by atoms with Crippen molar-refractivity contribution >= 4 is 39.2 Å². The summed E-state index contributed by atoms with van der Waals surface area (Å²) < 4.78 is 0. The first-order valence-corrected chi connectivity index (χ1v) is 7.11. The average Bonchev–Trinajstić information content (AvgIpc) is 2.84. The Morgan fingerprint density at radius 3 is 2.90 bits per heavy atom. The standard InChI is InChI=1S/C12H18N6OS/c1-7(2)14-9(19)6-18(3)10-8-4-5-20-11(8)16-12(15-10)17-13/h4-5,7H,6,13H2,1-3H3,(H,14,19)(H,15,16,17). The van der Waals surface area contributed by atoms with Crippen LogP contribution in [0.2, 0.25) is 0 Å². The summed E-state index contributed by atoms with van der Waals surface area (Å²) >= 11 is 1.50. The number of aromatic nitrogens is 2. The number of anilines is 2. The van der Waals surface area contributed by atoms with Crippen molar-refractivity contribution in [3.8, 4) is 0 Å². The van der Waals surface area contributed by atoms with Crippen LogP contribution in [0.15, 0.2) is 11.4 Å². The van der Waals surface area contributed by atoms with Crippen LogP contribution in [0.25, 0.3) is 10.2 Å². The molecule has 0 spiro atoms. The van der Waals surface area contributed by atoms with Crippen molar-refractivity contribution in [1.29, 1.82) is 0 Å². The van der Waals surface area contributed by atoms with Gasteiger partial charge in [0.2, 0.25) is 11.9 Å². The molecule has 0 aliphatic heterocycles. The molecule has 8 heteroatoms. The Hall–Kier alpha value is -1.93. The van der Waals surface area contributed by atoms with Crippen LogP contribution in [0.4, 0.5) is 11.8 Å². The van der Waals surface area contributed by atoms with Crippen LogP contribution >= 0.6 is 11.3 Å². The second kappa shape index (κ2) is 6.02. The Morgan fingerprint density at radius 2 is 2.25 bits per heavy atom. The molecule has 4 N–H and O–H groups in total. The second-order valence-corrected chi connectivity index (χ2v) is 5.63. The summed E-state index contributed by atoms with van der Waals surface area (Å²) in [6, 6.07) is 2.05. The van der Waals surface area contributed by atoms with Gasteiger partial charge < -0.3 is 10.2 Å². The van der Waals surface area contributed by atoms with E-state index in [-0.39, 0.29) is 18.5 Å². The van der Waals surface area contributed by atoms with Crippen LogP contribution in [0.1, 0.15) is 13.8 Å². The van der Waals surface area contributed by atoms with Gasteiger partial charge in [0.1, 0.15) is 10.6 Å². The normalized spacial score (nSPS) is 10.8. The van der Waals surface area contributed by atoms with E-state index in [0.717, 1.165) is 10.2 Å². The van der Waals surface area contributed by atoms with Gasteiger partial charge in [-0.2, -0.15) is 4.98 Å². The second-order valence-electron chi connectivity index (χ2n) is 4.73. The summed E-state index contributed by atoms with van der Waals surface area (Å²) in [5.41, 5.74) is 2.45. The fourth-order valence-electron chi connectivity index (χ4n) is 1.85. The van der Waals surface area contributed by atoms with Crippen molar-refractivity contribution in [3.05, 3.63) is 11.4 Å². The Bertz CT molecular complexity index is 611. The number of nitrogens with zero attached hydrogens (tertiary/aromatic N) is 3. The average molecular weight is 294 g/mol. The van der Waals surface area contributed by atoms with Gasteiger partial charge in [0.05, 0.1) is 11.9 Å². The minimum absolute atomic E-state index is 0.0493. The number of nitrogen functional groups attached to an aromatic ring is 1. The Labute approximate surface area is 121 Å². The van der Waals surface area contributed by atoms with E-state index in [1.807, 2.05) is 32.3 Å². The summed E-state index contributed by atoms with van der Waals surface area (Å²) in [5, 5.41) is 5.70. The molecule has 0 atom stereocenters. The fraction of sp³-hybridized carbons (Fsp3) is 0.417. The number of amides is 1. The molecule has 2 rings (SSSR count). The maximum Gasteiger partial charge on any atom is 0.240 e. The molecule has 7 nitrogen and oxygen atoms in total. The van der Waals surface area contributed by atoms with Gasteiger partial charge in [0.25, 0.3) is 0 Å². The maximum atomic E-state index is 11.8. The summed E-state index contributed by atoms with van der Waals surface area (Å²) in [6.45, 7) is 4.08. The van der Waals surface area contributed by atoms with E-state index in [9.17, 15) is 4.79 Å². The molecule has 0 bridgehead atoms. The molecule has 0 saturated heterocycles. The number of carbonyl (C=O) groups is 1. The first kappa shape index (κ1) is 14.5. The lowest BCUT2D eigenvalue weighted by atomic mass is 10.3. The van der Waals surface area contributed by atoms with Crippen molar-refractivity contribution in [3.63, 3.8) is 0 Å². The van der Waals surface area contributed by atoms with Crippen molar-refractivity contribution in [2.24, 2.45) is 5.84 Å². The molecule has 0 unspecified atom stereocenters. The monoisotopic (exact) mass is 294 g/mol. The minimum Gasteiger partial charge on any atom is -0.352 e. The molecule has 0 radical (unpaired) electrons. The molecule has 0 saturated carbocycles. The molecular formula is C12H18N6OS. The smallest absolute Gasteiger partial charge is 0.240 e. The number of nitrogens with two attached hydrogens (primary N) is 1. The fourth-order valence-corrected chi connectivity index (χ4v) is 2.61. The number of hydrogen-bond acceptors (Lipinski definition) is 7. The number of carbonyl (C=O) groups excluding carboxylic acids is 1. The summed E-state index contributed by atoms with van der Waals surface area (Å²) in [7, 11) is 1.82. The maximum absolute atomic E-state index is 11.8. The Kier molecular flexibility index (Phi) is 4.35. The SMILES string of the molecule is CC(C)NC(=O)CN(C)c1nc(NN)nc2sccc12. The number of nitrogens with one attached hydrogen (secondary N) is 2. The molecule has 20 heavy (non-hydrogen) atoms. The van der Waals surface area contributed by atoms with E-state index in [1.165, 1.54) is 11.3 Å². The highest BCUT2D eigenvalue weighted by Crippen LogP contribution is 2.28. The molecule has 0 aliphatic rings. The first-order valence-electron chi connectivity index (χ1n) is 6.23. The predicted molar refractivity (Wildman–Crippen MR) is 81.8 cm³/mol. The summed E-state index contributed by atoms with van der Waals surface area (Å²) in [5.74, 6) is 6.35. The number of likely N-dealkylation sites (N-methyl/N-ethyl adjacent to an activating group) is 1. The van der Waals surface area contributed by atoms with Gasteiger partial charge in [-0.15, -0.1) is 11.3 Å². The highest BCUT2D eigenvalue weighted by atomic mass is 32.1. The molecular weight excluding hydrogens is 276 g/mol. The third-order valence-electron chi connectivity index (χ3n) is 2.63. The van der Waals surface area contributed by atoms with Crippen molar-refractivity contribution < 1.29 is 4.79 Å². The van der Waals surface area contributed by atoms with Crippen LogP contribution in [-0.2, 0) is 4.79 Å². The zero-order valence-electron chi connectivity index (χ0n) is 11.7. The quantitative estimate of drug-likeness (QED) is 0.561. The van der Waals surface area contributed by atoms with E-state index in [1.54, 1.807) is 4.90 Å². The highest BCUT2D eigenvalue weighted by Gasteiger charge is 2.15. The number of fused-ring (bicyclic) bond motifs is 1. The molecule has 0 aromatic carbocycles. The first-order chi connectivity index (χ1) is 9.51. The van der Waals surface area contributed by atoms with E-state index in [4.69, 9.17) is 5.84 Å². The molecule has 2 aromatic heterocycles. The lowest BCUT2D eigenvalue weighted by Crippen LogP contribution is -2.39. The largest absolute Gasteiger partial charge is 0.352 e. The minimum atomic E-state index is -0.0493. The molecule has 0 aliphatic carbocycles. The van der Waals surface area contributed by atoms with Gasteiger partial charge in [0, 0.05) is 13.1 Å². The zero-order chi connectivity index (χ0) is 14.7. The summed E-state index contributed by atoms with van der Waals surface area (Å²) in [4.78, 5) is 23.0. The van der Waals surface area contributed by atoms with E-state index in [0.29, 0.717) is 11.8 Å². The number of hydrogen-bond donors (Lipinski definition) is 3.